The predicted molar refractivity (Wildman–Crippen MR) is 445 cm³/mol. The van der Waals surface area contributed by atoms with Crippen LogP contribution >= 0.6 is 15.6 Å². The summed E-state index contributed by atoms with van der Waals surface area (Å²) in [6, 6.07) is 0. The summed E-state index contributed by atoms with van der Waals surface area (Å²) in [6.45, 7) is 4.57. The molecule has 0 aliphatic rings. The minimum absolute atomic E-state index is 0.0434. The first kappa shape index (κ1) is 103. The van der Waals surface area contributed by atoms with Crippen molar-refractivity contribution in [2.45, 2.75) is 354 Å². The van der Waals surface area contributed by atoms with Gasteiger partial charge < -0.3 is 33.8 Å². The van der Waals surface area contributed by atoms with E-state index in [1.807, 2.05) is 0 Å². The molecule has 0 saturated heterocycles. The highest BCUT2D eigenvalue weighted by atomic mass is 31.2. The minimum Gasteiger partial charge on any atom is -0.462 e. The van der Waals surface area contributed by atoms with Crippen LogP contribution in [0.1, 0.15) is 336 Å². The van der Waals surface area contributed by atoms with Crippen molar-refractivity contribution in [3.63, 3.8) is 0 Å². The van der Waals surface area contributed by atoms with Crippen molar-refractivity contribution < 1.29 is 80.2 Å². The number of aliphatic hydroxyl groups excluding tert-OH is 1. The molecule has 0 spiro atoms. The maximum atomic E-state index is 13.1. The zero-order valence-corrected chi connectivity index (χ0v) is 69.5. The number of esters is 4. The predicted octanol–water partition coefficient (Wildman–Crippen LogP) is 25.0. The summed E-state index contributed by atoms with van der Waals surface area (Å²) < 4.78 is 68.7. The number of carbonyl (C=O) groups is 4. The Hall–Kier alpha value is -5.06. The lowest BCUT2D eigenvalue weighted by atomic mass is 10.1. The van der Waals surface area contributed by atoms with Crippen LogP contribution in [0.5, 0.6) is 0 Å². The van der Waals surface area contributed by atoms with Crippen LogP contribution in [0.15, 0.2) is 146 Å². The van der Waals surface area contributed by atoms with Gasteiger partial charge in [0, 0.05) is 25.7 Å². The molecule has 3 N–H and O–H groups in total. The highest BCUT2D eigenvalue weighted by Crippen LogP contribution is 2.45. The van der Waals surface area contributed by atoms with Crippen LogP contribution in [0.3, 0.4) is 0 Å². The zero-order valence-electron chi connectivity index (χ0n) is 67.7. The lowest BCUT2D eigenvalue weighted by molar-refractivity contribution is -0.161. The Balaban J connectivity index is 5.46. The van der Waals surface area contributed by atoms with Crippen molar-refractivity contribution in [3.05, 3.63) is 146 Å². The highest BCUT2D eigenvalue weighted by Gasteiger charge is 2.30. The van der Waals surface area contributed by atoms with Crippen LogP contribution in [0.2, 0.25) is 0 Å². The lowest BCUT2D eigenvalue weighted by Gasteiger charge is -2.21. The third-order valence-electron chi connectivity index (χ3n) is 17.3. The summed E-state index contributed by atoms with van der Waals surface area (Å²) >= 11 is 0. The van der Waals surface area contributed by atoms with Gasteiger partial charge in [0.05, 0.1) is 26.4 Å². The molecular formula is C89H150O17P2. The van der Waals surface area contributed by atoms with Gasteiger partial charge >= 0.3 is 39.5 Å². The molecule has 0 aromatic rings. The Kier molecular flexibility index (Phi) is 76.3. The van der Waals surface area contributed by atoms with Gasteiger partial charge in [0.1, 0.15) is 19.3 Å². The van der Waals surface area contributed by atoms with Gasteiger partial charge in [0.15, 0.2) is 12.2 Å². The molecular weight excluding hydrogens is 1400 g/mol. The number of allylic oxidation sites excluding steroid dienone is 24. The molecule has 0 fully saturated rings. The number of aliphatic hydroxyl groups is 1. The second kappa shape index (κ2) is 80.0. The van der Waals surface area contributed by atoms with Crippen molar-refractivity contribution in [2.75, 3.05) is 39.6 Å². The topological polar surface area (TPSA) is 237 Å². The first-order valence-corrected chi connectivity index (χ1v) is 45.1. The number of hydrogen-bond donors (Lipinski definition) is 3. The maximum absolute atomic E-state index is 13.1. The first-order valence-electron chi connectivity index (χ1n) is 42.1. The number of carbonyl (C=O) groups excluding carboxylic acids is 4. The second-order valence-corrected chi connectivity index (χ2v) is 30.6. The van der Waals surface area contributed by atoms with Crippen LogP contribution in [0, 0.1) is 0 Å². The molecule has 2 unspecified atom stereocenters. The Morgan fingerprint density at radius 1 is 0.269 bits per heavy atom. The average molecular weight is 1550 g/mol. The number of hydrogen-bond acceptors (Lipinski definition) is 15. The number of phosphoric acid groups is 2. The molecule has 17 nitrogen and oxygen atoms in total. The molecule has 19 heteroatoms. The lowest BCUT2D eigenvalue weighted by Crippen LogP contribution is -2.30. The normalized spacial score (nSPS) is 14.5. The molecule has 0 aromatic heterocycles. The van der Waals surface area contributed by atoms with Gasteiger partial charge in [-0.05, 0) is 167 Å². The molecule has 0 rings (SSSR count). The first-order chi connectivity index (χ1) is 52.7. The average Bonchev–Trinajstić information content (AvgIpc) is 0.896. The molecule has 0 bridgehead atoms. The zero-order chi connectivity index (χ0) is 78.9. The Morgan fingerprint density at radius 2 is 0.481 bits per heavy atom. The summed E-state index contributed by atoms with van der Waals surface area (Å²) in [5.74, 6) is -2.26. The molecule has 618 valence electrons. The Morgan fingerprint density at radius 3 is 0.769 bits per heavy atom. The van der Waals surface area contributed by atoms with Gasteiger partial charge in [-0.3, -0.25) is 37.3 Å². The molecule has 0 aliphatic heterocycles. The molecule has 0 amide bonds. The fourth-order valence-corrected chi connectivity index (χ4v) is 12.5. The molecule has 108 heavy (non-hydrogen) atoms. The minimum atomic E-state index is -5.00. The second-order valence-electron chi connectivity index (χ2n) is 27.6. The van der Waals surface area contributed by atoms with E-state index in [9.17, 15) is 43.2 Å². The maximum Gasteiger partial charge on any atom is 0.472 e. The largest absolute Gasteiger partial charge is 0.472 e. The van der Waals surface area contributed by atoms with E-state index < -0.39 is 97.5 Å². The molecule has 0 radical (unpaired) electrons. The number of unbranched alkanes of at least 4 members (excludes halogenated alkanes) is 28. The van der Waals surface area contributed by atoms with E-state index in [1.165, 1.54) is 64.2 Å². The summed E-state index contributed by atoms with van der Waals surface area (Å²) in [4.78, 5) is 73.2. The molecule has 0 aliphatic carbocycles. The van der Waals surface area contributed by atoms with E-state index in [0.717, 1.165) is 193 Å². The summed E-state index contributed by atoms with van der Waals surface area (Å²) in [7, 11) is -9.99. The molecule has 0 saturated carbocycles. The number of phosphoric ester groups is 2. The van der Waals surface area contributed by atoms with Crippen molar-refractivity contribution in [1.82, 2.24) is 0 Å². The molecule has 0 aromatic carbocycles. The van der Waals surface area contributed by atoms with E-state index in [4.69, 9.17) is 37.0 Å². The van der Waals surface area contributed by atoms with Crippen molar-refractivity contribution in [3.8, 4) is 0 Å². The van der Waals surface area contributed by atoms with Crippen LogP contribution in [-0.4, -0.2) is 96.7 Å². The van der Waals surface area contributed by atoms with Crippen molar-refractivity contribution in [1.29, 1.82) is 0 Å². The SMILES string of the molecule is CC/C=C\C/C=C\C/C=C\C/C=C\C/C=C\CCCCCC(=O)OC[C@H](COP(=O)(O)OC[C@@H](O)COP(=O)(O)OC[C@@H](COC(=O)CCCCCCC/C=C\CCCCCCCC)OC(=O)CCCCCCCCC/C=C\CCCCCC)OC(=O)CCCCC/C=C\C/C=C\C/C=C\C/C=C\C/C=C\CC. The monoisotopic (exact) mass is 1550 g/mol. The van der Waals surface area contributed by atoms with E-state index in [0.29, 0.717) is 25.7 Å². The van der Waals surface area contributed by atoms with E-state index in [2.05, 4.69) is 174 Å². The van der Waals surface area contributed by atoms with Gasteiger partial charge in [-0.15, -0.1) is 0 Å². The number of rotatable bonds is 78. The Bertz CT molecular complexity index is 2610. The Labute approximate surface area is 656 Å². The van der Waals surface area contributed by atoms with Crippen LogP contribution in [0.4, 0.5) is 0 Å². The molecule has 0 heterocycles. The van der Waals surface area contributed by atoms with Gasteiger partial charge in [-0.1, -0.05) is 289 Å². The standard InChI is InChI=1S/C89H150O17P2/c1-5-9-13-17-21-25-29-33-37-39-41-43-47-50-54-58-62-66-70-74-87(92)100-80-85(106-89(94)76-72-68-64-60-56-52-48-44-42-40-38-34-30-26-22-18-14-10-6-2)82-104-108(97,98)102-78-83(90)77-101-107(95,96)103-81-84(105-88(93)75-71-67-63-59-55-51-46-36-32-28-24-20-16-12-8-4)79-99-86(91)73-69-65-61-57-53-49-45-35-31-27-23-19-15-11-7-3/h9-10,13-14,21-22,25-26,28,32-35,37-38,41-45,50,52,54,56,83-85,90H,5-8,11-12,15-20,23-24,27,29-31,36,39-40,46-49,51,53,55,57-82H2,1-4H3,(H,95,96)(H,97,98)/b13-9-,14-10-,25-21-,26-22-,32-28-,37-33-,38-34-,43-41-,44-42-,45-35-,54-50-,56-52-/t83-,84+,85+/m0/s1. The summed E-state index contributed by atoms with van der Waals surface area (Å²) in [6.07, 6.45) is 92.4. The van der Waals surface area contributed by atoms with Gasteiger partial charge in [-0.25, -0.2) is 9.13 Å². The van der Waals surface area contributed by atoms with E-state index >= 15 is 0 Å². The van der Waals surface area contributed by atoms with Gasteiger partial charge in [0.25, 0.3) is 0 Å². The third-order valence-corrected chi connectivity index (χ3v) is 19.2. The van der Waals surface area contributed by atoms with Crippen molar-refractivity contribution >= 4 is 39.5 Å². The van der Waals surface area contributed by atoms with Crippen LogP contribution in [-0.2, 0) is 65.4 Å². The van der Waals surface area contributed by atoms with Gasteiger partial charge in [0.2, 0.25) is 0 Å². The fourth-order valence-electron chi connectivity index (χ4n) is 10.9. The molecule has 5 atom stereocenters. The quantitative estimate of drug-likeness (QED) is 0.0169. The van der Waals surface area contributed by atoms with Crippen LogP contribution in [0.25, 0.3) is 0 Å². The van der Waals surface area contributed by atoms with Gasteiger partial charge in [-0.2, -0.15) is 0 Å². The summed E-state index contributed by atoms with van der Waals surface area (Å²) in [5, 5.41) is 10.7. The van der Waals surface area contributed by atoms with E-state index in [-0.39, 0.29) is 25.7 Å². The van der Waals surface area contributed by atoms with Crippen molar-refractivity contribution in [2.24, 2.45) is 0 Å². The highest BCUT2D eigenvalue weighted by molar-refractivity contribution is 7.47. The van der Waals surface area contributed by atoms with E-state index in [1.54, 1.807) is 0 Å². The number of ether oxygens (including phenoxy) is 4. The fraction of sp³-hybridized carbons (Fsp3) is 0.685. The summed E-state index contributed by atoms with van der Waals surface area (Å²) in [5.41, 5.74) is 0. The van der Waals surface area contributed by atoms with Crippen LogP contribution < -0.4 is 0 Å². The third kappa shape index (κ3) is 79.0. The smallest absolute Gasteiger partial charge is 0.462 e.